The van der Waals surface area contributed by atoms with Crippen molar-refractivity contribution in [2.45, 2.75) is 44.2 Å². The quantitative estimate of drug-likeness (QED) is 0.667. The van der Waals surface area contributed by atoms with E-state index in [1.54, 1.807) is 0 Å². The lowest BCUT2D eigenvalue weighted by Gasteiger charge is -2.34. The highest BCUT2D eigenvalue weighted by molar-refractivity contribution is 5.85. The number of urea groups is 1. The third-order valence-corrected chi connectivity index (χ3v) is 3.03. The van der Waals surface area contributed by atoms with E-state index in [1.807, 2.05) is 0 Å². The molecule has 0 spiro atoms. The molecule has 4 nitrogen and oxygen atoms in total. The minimum atomic E-state index is -0.00970. The Balaban J connectivity index is 0.00000112. The number of hydrogen-bond donors (Lipinski definition) is 3. The van der Waals surface area contributed by atoms with Crippen LogP contribution >= 0.6 is 12.4 Å². The van der Waals surface area contributed by atoms with Crippen molar-refractivity contribution >= 4 is 18.4 Å². The Hall–Kier alpha value is -0.480. The molecule has 88 valence electrons. The molecule has 0 radical (unpaired) electrons. The molecule has 1 heterocycles. The van der Waals surface area contributed by atoms with Crippen molar-refractivity contribution in [3.8, 4) is 0 Å². The third kappa shape index (κ3) is 3.87. The molecule has 1 aliphatic carbocycles. The lowest BCUT2D eigenvalue weighted by Crippen LogP contribution is -2.55. The average Bonchev–Trinajstić information content (AvgIpc) is 2.88. The number of piperidine rings is 1. The summed E-state index contributed by atoms with van der Waals surface area (Å²) < 4.78 is 0. The number of halogens is 1. The highest BCUT2D eigenvalue weighted by Crippen LogP contribution is 2.20. The van der Waals surface area contributed by atoms with Gasteiger partial charge < -0.3 is 16.0 Å². The monoisotopic (exact) mass is 233 g/mol. The van der Waals surface area contributed by atoms with Gasteiger partial charge in [0.15, 0.2) is 0 Å². The van der Waals surface area contributed by atoms with Crippen LogP contribution in [0.3, 0.4) is 0 Å². The van der Waals surface area contributed by atoms with Gasteiger partial charge in [0.25, 0.3) is 0 Å². The molecule has 0 aromatic carbocycles. The number of rotatable bonds is 2. The largest absolute Gasteiger partial charge is 0.335 e. The summed E-state index contributed by atoms with van der Waals surface area (Å²) >= 11 is 0. The maximum atomic E-state index is 11.5. The van der Waals surface area contributed by atoms with Gasteiger partial charge in [0, 0.05) is 11.6 Å². The summed E-state index contributed by atoms with van der Waals surface area (Å²) in [6, 6.07) is 0.456. The molecule has 1 saturated heterocycles. The van der Waals surface area contributed by atoms with Crippen molar-refractivity contribution in [2.24, 2.45) is 0 Å². The Morgan fingerprint density at radius 1 is 1.33 bits per heavy atom. The standard InChI is InChI=1S/C10H19N3O.ClH/c1-10(4-6-11-7-5-10)13-9(14)12-8-2-3-8;/h8,11H,2-7H2,1H3,(H2,12,13,14);1H. The van der Waals surface area contributed by atoms with Crippen LogP contribution in [0.4, 0.5) is 4.79 Å². The Morgan fingerprint density at radius 3 is 2.47 bits per heavy atom. The van der Waals surface area contributed by atoms with Crippen molar-refractivity contribution in [2.75, 3.05) is 13.1 Å². The number of hydrogen-bond acceptors (Lipinski definition) is 2. The van der Waals surface area contributed by atoms with Crippen LogP contribution < -0.4 is 16.0 Å². The molecule has 0 aromatic rings. The predicted molar refractivity (Wildman–Crippen MR) is 62.4 cm³/mol. The SMILES string of the molecule is CC1(NC(=O)NC2CC2)CCNCC1.Cl. The highest BCUT2D eigenvalue weighted by Gasteiger charge is 2.30. The maximum absolute atomic E-state index is 11.5. The fourth-order valence-electron chi connectivity index (χ4n) is 1.83. The van der Waals surface area contributed by atoms with E-state index >= 15 is 0 Å². The zero-order chi connectivity index (χ0) is 10.0. The van der Waals surface area contributed by atoms with Crippen LogP contribution in [0.1, 0.15) is 32.6 Å². The lowest BCUT2D eigenvalue weighted by molar-refractivity contribution is 0.214. The van der Waals surface area contributed by atoms with Gasteiger partial charge in [-0.05, 0) is 45.7 Å². The van der Waals surface area contributed by atoms with E-state index in [4.69, 9.17) is 0 Å². The molecule has 1 aliphatic heterocycles. The molecule has 0 unspecified atom stereocenters. The van der Waals surface area contributed by atoms with Gasteiger partial charge in [-0.3, -0.25) is 0 Å². The number of carbonyl (C=O) groups is 1. The highest BCUT2D eigenvalue weighted by atomic mass is 35.5. The van der Waals surface area contributed by atoms with E-state index in [9.17, 15) is 4.79 Å². The van der Waals surface area contributed by atoms with Crippen LogP contribution in [-0.4, -0.2) is 30.7 Å². The van der Waals surface area contributed by atoms with Crippen molar-refractivity contribution in [1.82, 2.24) is 16.0 Å². The van der Waals surface area contributed by atoms with Crippen molar-refractivity contribution in [3.05, 3.63) is 0 Å². The molecule has 3 N–H and O–H groups in total. The molecule has 0 aromatic heterocycles. The molecular formula is C10H20ClN3O. The molecule has 2 fully saturated rings. The molecule has 0 bridgehead atoms. The van der Waals surface area contributed by atoms with E-state index in [-0.39, 0.29) is 24.0 Å². The first-order chi connectivity index (χ1) is 6.68. The minimum Gasteiger partial charge on any atom is -0.335 e. The van der Waals surface area contributed by atoms with Gasteiger partial charge in [-0.1, -0.05) is 0 Å². The number of amides is 2. The van der Waals surface area contributed by atoms with Crippen molar-refractivity contribution in [1.29, 1.82) is 0 Å². The lowest BCUT2D eigenvalue weighted by atomic mass is 9.91. The maximum Gasteiger partial charge on any atom is 0.315 e. The molecule has 2 amide bonds. The second-order valence-electron chi connectivity index (χ2n) is 4.68. The zero-order valence-electron chi connectivity index (χ0n) is 9.14. The minimum absolute atomic E-state index is 0. The third-order valence-electron chi connectivity index (χ3n) is 3.03. The van der Waals surface area contributed by atoms with Crippen LogP contribution in [0, 0.1) is 0 Å². The Morgan fingerprint density at radius 2 is 1.93 bits per heavy atom. The summed E-state index contributed by atoms with van der Waals surface area (Å²) in [4.78, 5) is 11.5. The van der Waals surface area contributed by atoms with Crippen LogP contribution in [0.15, 0.2) is 0 Å². The van der Waals surface area contributed by atoms with Gasteiger partial charge in [-0.25, -0.2) is 4.79 Å². The molecule has 2 rings (SSSR count). The normalized spacial score (nSPS) is 23.8. The fraction of sp³-hybridized carbons (Fsp3) is 0.900. The van der Waals surface area contributed by atoms with Crippen molar-refractivity contribution in [3.63, 3.8) is 0 Å². The summed E-state index contributed by atoms with van der Waals surface area (Å²) in [6.45, 7) is 4.13. The van der Waals surface area contributed by atoms with Gasteiger partial charge >= 0.3 is 6.03 Å². The second kappa shape index (κ2) is 5.03. The molecular weight excluding hydrogens is 214 g/mol. The fourth-order valence-corrected chi connectivity index (χ4v) is 1.83. The van der Waals surface area contributed by atoms with Crippen molar-refractivity contribution < 1.29 is 4.79 Å². The topological polar surface area (TPSA) is 53.2 Å². The molecule has 2 aliphatic rings. The Kier molecular flexibility index (Phi) is 4.22. The molecule has 0 atom stereocenters. The van der Waals surface area contributed by atoms with Crippen LogP contribution in [0.2, 0.25) is 0 Å². The van der Waals surface area contributed by atoms with Gasteiger partial charge in [0.05, 0.1) is 0 Å². The van der Waals surface area contributed by atoms with E-state index in [0.717, 1.165) is 38.8 Å². The van der Waals surface area contributed by atoms with Crippen LogP contribution in [0.5, 0.6) is 0 Å². The van der Waals surface area contributed by atoms with Gasteiger partial charge in [-0.15, -0.1) is 12.4 Å². The summed E-state index contributed by atoms with van der Waals surface area (Å²) in [5, 5.41) is 9.33. The van der Waals surface area contributed by atoms with E-state index < -0.39 is 0 Å². The van der Waals surface area contributed by atoms with Gasteiger partial charge in [0.1, 0.15) is 0 Å². The second-order valence-corrected chi connectivity index (χ2v) is 4.68. The number of nitrogens with one attached hydrogen (secondary N) is 3. The summed E-state index contributed by atoms with van der Waals surface area (Å²) in [5.74, 6) is 0. The zero-order valence-corrected chi connectivity index (χ0v) is 9.95. The van der Waals surface area contributed by atoms with Gasteiger partial charge in [-0.2, -0.15) is 0 Å². The average molecular weight is 234 g/mol. The van der Waals surface area contributed by atoms with E-state index in [1.165, 1.54) is 0 Å². The first-order valence-corrected chi connectivity index (χ1v) is 5.47. The summed E-state index contributed by atoms with van der Waals surface area (Å²) in [5.41, 5.74) is -0.00970. The number of carbonyl (C=O) groups excluding carboxylic acids is 1. The summed E-state index contributed by atoms with van der Waals surface area (Å²) in [7, 11) is 0. The first kappa shape index (κ1) is 12.6. The van der Waals surface area contributed by atoms with E-state index in [2.05, 4.69) is 22.9 Å². The van der Waals surface area contributed by atoms with E-state index in [0.29, 0.717) is 6.04 Å². The molecule has 15 heavy (non-hydrogen) atoms. The smallest absolute Gasteiger partial charge is 0.315 e. The summed E-state index contributed by atoms with van der Waals surface area (Å²) in [6.07, 6.45) is 4.33. The molecule has 5 heteroatoms. The Labute approximate surface area is 97.0 Å². The van der Waals surface area contributed by atoms with Crippen LogP contribution in [-0.2, 0) is 0 Å². The molecule has 1 saturated carbocycles. The Bertz CT molecular complexity index is 225. The van der Waals surface area contributed by atoms with Crippen LogP contribution in [0.25, 0.3) is 0 Å². The first-order valence-electron chi connectivity index (χ1n) is 5.47. The predicted octanol–water partition coefficient (Wildman–Crippen LogP) is 1.01. The van der Waals surface area contributed by atoms with Gasteiger partial charge in [0.2, 0.25) is 0 Å².